The Kier molecular flexibility index (Phi) is 9.15. The molecule has 1 aliphatic rings. The lowest BCUT2D eigenvalue weighted by Crippen LogP contribution is -2.14. The van der Waals surface area contributed by atoms with Crippen LogP contribution in [0.2, 0.25) is 0 Å². The van der Waals surface area contributed by atoms with E-state index in [1.165, 1.54) is 56.0 Å². The molecule has 186 valence electrons. The van der Waals surface area contributed by atoms with Gasteiger partial charge in [0.2, 0.25) is 0 Å². The summed E-state index contributed by atoms with van der Waals surface area (Å²) in [5.41, 5.74) is -1.78. The average molecular weight is 481 g/mol. The Bertz CT molecular complexity index is 971. The maximum atomic E-state index is 15.2. The molecule has 0 aromatic heterocycles. The lowest BCUT2D eigenvalue weighted by atomic mass is 9.79. The van der Waals surface area contributed by atoms with Crippen molar-refractivity contribution < 1.29 is 26.7 Å². The molecule has 0 bridgehead atoms. The topological polar surface area (TPSA) is 9.23 Å². The quantitative estimate of drug-likeness (QED) is 0.257. The van der Waals surface area contributed by atoms with Crippen LogP contribution in [0.5, 0.6) is 5.75 Å². The van der Waals surface area contributed by atoms with Gasteiger partial charge in [-0.1, -0.05) is 63.0 Å². The van der Waals surface area contributed by atoms with Crippen molar-refractivity contribution in [3.05, 3.63) is 59.2 Å². The molecule has 6 heteroatoms. The smallest absolute Gasteiger partial charge is 0.419 e. The summed E-state index contributed by atoms with van der Waals surface area (Å²) < 4.78 is 76.0. The van der Waals surface area contributed by atoms with E-state index in [0.717, 1.165) is 31.7 Å². The summed E-state index contributed by atoms with van der Waals surface area (Å²) in [6.45, 7) is 4.11. The normalized spacial score (nSPS) is 19.0. The number of hydrogen-bond donors (Lipinski definition) is 0. The minimum atomic E-state index is -4.87. The van der Waals surface area contributed by atoms with Crippen LogP contribution < -0.4 is 4.74 Å². The van der Waals surface area contributed by atoms with Gasteiger partial charge in [0.1, 0.15) is 5.82 Å². The number of hydrogen-bond acceptors (Lipinski definition) is 1. The first-order valence-corrected chi connectivity index (χ1v) is 12.2. The third-order valence-electron chi connectivity index (χ3n) is 6.66. The molecule has 0 saturated heterocycles. The van der Waals surface area contributed by atoms with E-state index >= 15 is 4.39 Å². The van der Waals surface area contributed by atoms with Crippen molar-refractivity contribution >= 4 is 6.08 Å². The second-order valence-corrected chi connectivity index (χ2v) is 9.10. The Hall–Kier alpha value is -2.37. The first-order chi connectivity index (χ1) is 16.2. The number of unbranched alkanes of at least 4 members (excludes halogenated alkanes) is 2. The first-order valence-electron chi connectivity index (χ1n) is 12.2. The van der Waals surface area contributed by atoms with Gasteiger partial charge in [-0.3, -0.25) is 0 Å². The van der Waals surface area contributed by atoms with Gasteiger partial charge < -0.3 is 4.74 Å². The lowest BCUT2D eigenvalue weighted by Gasteiger charge is -2.26. The van der Waals surface area contributed by atoms with E-state index in [1.807, 2.05) is 0 Å². The average Bonchev–Trinajstić information content (AvgIpc) is 2.79. The zero-order valence-electron chi connectivity index (χ0n) is 19.9. The van der Waals surface area contributed by atoms with Gasteiger partial charge in [0.15, 0.2) is 11.6 Å². The molecule has 1 fully saturated rings. The van der Waals surface area contributed by atoms with Crippen molar-refractivity contribution in [3.63, 3.8) is 0 Å². The van der Waals surface area contributed by atoms with E-state index < -0.39 is 23.4 Å². The minimum absolute atomic E-state index is 0.0256. The molecule has 0 unspecified atom stereocenters. The molecule has 1 saturated carbocycles. The van der Waals surface area contributed by atoms with E-state index in [0.29, 0.717) is 5.92 Å². The van der Waals surface area contributed by atoms with Crippen LogP contribution in [0, 0.1) is 23.5 Å². The van der Waals surface area contributed by atoms with Crippen LogP contribution >= 0.6 is 0 Å². The summed E-state index contributed by atoms with van der Waals surface area (Å²) >= 11 is 0. The predicted octanol–water partition coefficient (Wildman–Crippen LogP) is 9.45. The summed E-state index contributed by atoms with van der Waals surface area (Å²) in [6.07, 6.45) is 7.28. The number of allylic oxidation sites excluding steroid dienone is 1. The molecule has 0 heterocycles. The molecule has 0 N–H and O–H groups in total. The van der Waals surface area contributed by atoms with Gasteiger partial charge in [-0.25, -0.2) is 8.78 Å². The zero-order valence-corrected chi connectivity index (χ0v) is 19.9. The summed E-state index contributed by atoms with van der Waals surface area (Å²) in [4.78, 5) is 0. The Balaban J connectivity index is 1.80. The maximum absolute atomic E-state index is 15.2. The van der Waals surface area contributed by atoms with Gasteiger partial charge in [-0.15, -0.1) is 0 Å². The number of rotatable bonds is 9. The van der Waals surface area contributed by atoms with Crippen molar-refractivity contribution in [1.29, 1.82) is 0 Å². The Labute approximate surface area is 199 Å². The van der Waals surface area contributed by atoms with E-state index in [9.17, 15) is 17.6 Å². The van der Waals surface area contributed by atoms with Crippen molar-refractivity contribution in [2.24, 2.45) is 11.8 Å². The molecule has 0 amide bonds. The Morgan fingerprint density at radius 3 is 2.32 bits per heavy atom. The van der Waals surface area contributed by atoms with Crippen LogP contribution in [-0.4, -0.2) is 6.61 Å². The standard InChI is InChI=1S/C28H33F5O/c1-3-5-6-7-19-8-10-20(11-9-19)12-13-21-14-16-23(27(30)26(21)28(31,32)33)22-15-17-25(34-4-2)24(29)18-22/h12-20H,3-11H2,1-2H3/b13-12+. The molecule has 1 nitrogen and oxygen atoms in total. The van der Waals surface area contributed by atoms with E-state index in [1.54, 1.807) is 13.0 Å². The van der Waals surface area contributed by atoms with Gasteiger partial charge in [-0.05, 0) is 67.7 Å². The number of benzene rings is 2. The van der Waals surface area contributed by atoms with Gasteiger partial charge in [-0.2, -0.15) is 13.2 Å². The second kappa shape index (κ2) is 11.9. The molecule has 3 rings (SSSR count). The fraction of sp³-hybridized carbons (Fsp3) is 0.500. The molecule has 2 aromatic rings. The van der Waals surface area contributed by atoms with Crippen molar-refractivity contribution in [2.75, 3.05) is 6.61 Å². The van der Waals surface area contributed by atoms with Crippen LogP contribution in [0.25, 0.3) is 17.2 Å². The predicted molar refractivity (Wildman–Crippen MR) is 127 cm³/mol. The fourth-order valence-corrected chi connectivity index (χ4v) is 4.77. The van der Waals surface area contributed by atoms with Crippen LogP contribution in [0.4, 0.5) is 22.0 Å². The summed E-state index contributed by atoms with van der Waals surface area (Å²) in [6, 6.07) is 6.21. The highest BCUT2D eigenvalue weighted by Crippen LogP contribution is 2.40. The lowest BCUT2D eigenvalue weighted by molar-refractivity contribution is -0.140. The van der Waals surface area contributed by atoms with E-state index in [4.69, 9.17) is 4.74 Å². The molecule has 0 radical (unpaired) electrons. The van der Waals surface area contributed by atoms with Crippen molar-refractivity contribution in [3.8, 4) is 16.9 Å². The van der Waals surface area contributed by atoms with Gasteiger partial charge in [0.25, 0.3) is 0 Å². The summed E-state index contributed by atoms with van der Waals surface area (Å²) in [5, 5.41) is 0. The van der Waals surface area contributed by atoms with Gasteiger partial charge in [0, 0.05) is 5.56 Å². The van der Waals surface area contributed by atoms with E-state index in [-0.39, 0.29) is 35.0 Å². The monoisotopic (exact) mass is 480 g/mol. The number of halogens is 5. The molecule has 34 heavy (non-hydrogen) atoms. The molecule has 0 spiro atoms. The SMILES string of the molecule is CCCCCC1CCC(/C=C/c2ccc(-c3ccc(OCC)c(F)c3)c(F)c2C(F)(F)F)CC1. The second-order valence-electron chi connectivity index (χ2n) is 9.10. The third kappa shape index (κ3) is 6.61. The van der Waals surface area contributed by atoms with Crippen molar-refractivity contribution in [1.82, 2.24) is 0 Å². The Morgan fingerprint density at radius 1 is 0.971 bits per heavy atom. The van der Waals surface area contributed by atoms with E-state index in [2.05, 4.69) is 6.92 Å². The van der Waals surface area contributed by atoms with Crippen LogP contribution in [0.15, 0.2) is 36.4 Å². The minimum Gasteiger partial charge on any atom is -0.491 e. The Morgan fingerprint density at radius 2 is 1.71 bits per heavy atom. The highest BCUT2D eigenvalue weighted by Gasteiger charge is 2.37. The van der Waals surface area contributed by atoms with Gasteiger partial charge >= 0.3 is 6.18 Å². The van der Waals surface area contributed by atoms with Crippen LogP contribution in [0.1, 0.15) is 76.3 Å². The summed E-state index contributed by atoms with van der Waals surface area (Å²) in [5.74, 6) is -1.26. The number of alkyl halides is 3. The molecule has 1 aliphatic carbocycles. The highest BCUT2D eigenvalue weighted by atomic mass is 19.4. The molecule has 0 atom stereocenters. The highest BCUT2D eigenvalue weighted by molar-refractivity contribution is 5.70. The summed E-state index contributed by atoms with van der Waals surface area (Å²) in [7, 11) is 0. The first kappa shape index (κ1) is 26.2. The van der Waals surface area contributed by atoms with Crippen LogP contribution in [0.3, 0.4) is 0 Å². The largest absolute Gasteiger partial charge is 0.491 e. The third-order valence-corrected chi connectivity index (χ3v) is 6.66. The van der Waals surface area contributed by atoms with Gasteiger partial charge in [0.05, 0.1) is 12.2 Å². The fourth-order valence-electron chi connectivity index (χ4n) is 4.77. The zero-order chi connectivity index (χ0) is 24.7. The molecule has 0 aliphatic heterocycles. The maximum Gasteiger partial charge on any atom is 0.419 e. The van der Waals surface area contributed by atoms with Crippen molar-refractivity contribution in [2.45, 2.75) is 71.4 Å². The molecular formula is C28H33F5O. The number of ether oxygens (including phenoxy) is 1. The van der Waals surface area contributed by atoms with Crippen LogP contribution in [-0.2, 0) is 6.18 Å². The molecule has 2 aromatic carbocycles. The molecular weight excluding hydrogens is 447 g/mol.